The Morgan fingerprint density at radius 3 is 2.35 bits per heavy atom. The molecule has 0 aliphatic carbocycles. The van der Waals surface area contributed by atoms with Gasteiger partial charge in [-0.15, -0.1) is 0 Å². The lowest BCUT2D eigenvalue weighted by molar-refractivity contribution is 0.185. The van der Waals surface area contributed by atoms with E-state index >= 15 is 0 Å². The van der Waals surface area contributed by atoms with Crippen molar-refractivity contribution < 1.29 is 4.74 Å². The lowest BCUT2D eigenvalue weighted by Crippen LogP contribution is -2.17. The number of hydrogen-bond acceptors (Lipinski definition) is 5. The molecule has 0 amide bonds. The Kier molecular flexibility index (Phi) is 4.16. The van der Waals surface area contributed by atoms with Crippen LogP contribution in [0.1, 0.15) is 11.7 Å². The van der Waals surface area contributed by atoms with Gasteiger partial charge in [0, 0.05) is 6.20 Å². The first-order valence-corrected chi connectivity index (χ1v) is 5.97. The van der Waals surface area contributed by atoms with Crippen molar-refractivity contribution in [3.63, 3.8) is 0 Å². The summed E-state index contributed by atoms with van der Waals surface area (Å²) in [5.74, 6) is -0.350. The highest BCUT2D eigenvalue weighted by Gasteiger charge is 2.25. The Balaban J connectivity index is 2.37. The fourth-order valence-electron chi connectivity index (χ4n) is 1.77. The topological polar surface area (TPSA) is 95.7 Å². The number of nitrogens with two attached hydrogens (primary N) is 1. The highest BCUT2D eigenvalue weighted by Crippen LogP contribution is 2.30. The Morgan fingerprint density at radius 2 is 1.75 bits per heavy atom. The van der Waals surface area contributed by atoms with Crippen LogP contribution in [0.5, 0.6) is 5.75 Å². The monoisotopic (exact) mass is 264 g/mol. The van der Waals surface area contributed by atoms with Gasteiger partial charge in [-0.05, 0) is 17.7 Å². The van der Waals surface area contributed by atoms with Gasteiger partial charge in [0.2, 0.25) is 0 Å². The molecule has 2 N–H and O–H groups in total. The summed E-state index contributed by atoms with van der Waals surface area (Å²) in [5, 5.41) is 18.2. The zero-order chi connectivity index (χ0) is 14.4. The molecule has 0 spiro atoms. The van der Waals surface area contributed by atoms with Gasteiger partial charge in [0.15, 0.2) is 23.6 Å². The summed E-state index contributed by atoms with van der Waals surface area (Å²) in [4.78, 5) is 3.92. The molecule has 0 fully saturated rings. The van der Waals surface area contributed by atoms with Crippen LogP contribution in [0.4, 0.5) is 5.82 Å². The molecule has 1 aromatic heterocycles. The molecule has 0 radical (unpaired) electrons. The highest BCUT2D eigenvalue weighted by molar-refractivity contribution is 5.45. The summed E-state index contributed by atoms with van der Waals surface area (Å²) in [6.45, 7) is 0. The molecule has 1 unspecified atom stereocenters. The molecule has 2 aromatic rings. The maximum absolute atomic E-state index is 9.11. The number of nitrogens with zero attached hydrogens (tertiary/aromatic N) is 3. The number of anilines is 1. The van der Waals surface area contributed by atoms with Crippen LogP contribution in [0.2, 0.25) is 0 Å². The Morgan fingerprint density at radius 1 is 1.05 bits per heavy atom. The lowest BCUT2D eigenvalue weighted by Gasteiger charge is -2.20. The Hall–Kier alpha value is -3.05. The fourth-order valence-corrected chi connectivity index (χ4v) is 1.77. The standard InChI is InChI=1S/C15H12N4O/c16-9-12(10-17)14(11-5-2-1-3-6-11)20-13-7-4-8-19-15(13)18/h1-8,12,14H,(H2,18,19). The highest BCUT2D eigenvalue weighted by atomic mass is 16.5. The minimum atomic E-state index is -0.933. The van der Waals surface area contributed by atoms with Crippen molar-refractivity contribution in [2.75, 3.05) is 5.73 Å². The molecule has 20 heavy (non-hydrogen) atoms. The number of hydrogen-bond donors (Lipinski definition) is 1. The average molecular weight is 264 g/mol. The van der Waals surface area contributed by atoms with Crippen LogP contribution in [-0.2, 0) is 0 Å². The quantitative estimate of drug-likeness (QED) is 0.914. The van der Waals surface area contributed by atoms with E-state index in [4.69, 9.17) is 21.0 Å². The molecule has 98 valence electrons. The number of pyridine rings is 1. The van der Waals surface area contributed by atoms with Crippen LogP contribution in [0.25, 0.3) is 0 Å². The van der Waals surface area contributed by atoms with E-state index in [-0.39, 0.29) is 5.82 Å². The van der Waals surface area contributed by atoms with E-state index in [9.17, 15) is 0 Å². The minimum absolute atomic E-state index is 0.225. The largest absolute Gasteiger partial charge is 0.479 e. The van der Waals surface area contributed by atoms with Crippen LogP contribution in [-0.4, -0.2) is 4.98 Å². The van der Waals surface area contributed by atoms with Gasteiger partial charge in [-0.25, -0.2) is 4.98 Å². The molecule has 0 bridgehead atoms. The molecule has 0 aliphatic heterocycles. The van der Waals surface area contributed by atoms with E-state index in [1.54, 1.807) is 30.5 Å². The molecule has 0 aliphatic rings. The van der Waals surface area contributed by atoms with E-state index < -0.39 is 12.0 Å². The van der Waals surface area contributed by atoms with Crippen LogP contribution in [0.15, 0.2) is 48.7 Å². The van der Waals surface area contributed by atoms with Crippen molar-refractivity contribution in [3.05, 3.63) is 54.2 Å². The van der Waals surface area contributed by atoms with E-state index in [2.05, 4.69) is 4.98 Å². The molecule has 1 heterocycles. The second-order valence-corrected chi connectivity index (χ2v) is 4.07. The Labute approximate surface area is 116 Å². The lowest BCUT2D eigenvalue weighted by atomic mass is 9.98. The minimum Gasteiger partial charge on any atom is -0.479 e. The predicted molar refractivity (Wildman–Crippen MR) is 73.2 cm³/mol. The summed E-state index contributed by atoms with van der Waals surface area (Å²) >= 11 is 0. The summed E-state index contributed by atoms with van der Waals surface area (Å²) in [6.07, 6.45) is 0.837. The summed E-state index contributed by atoms with van der Waals surface area (Å²) in [6, 6.07) is 16.3. The molecule has 0 saturated heterocycles. The van der Waals surface area contributed by atoms with Crippen LogP contribution in [0.3, 0.4) is 0 Å². The second kappa shape index (κ2) is 6.21. The molecule has 1 aromatic carbocycles. The first-order chi connectivity index (χ1) is 9.76. The van der Waals surface area contributed by atoms with Gasteiger partial charge in [0.1, 0.15) is 0 Å². The summed E-state index contributed by atoms with van der Waals surface area (Å²) in [7, 11) is 0. The van der Waals surface area contributed by atoms with Crippen LogP contribution < -0.4 is 10.5 Å². The molecule has 5 nitrogen and oxygen atoms in total. The SMILES string of the molecule is N#CC(C#N)C(Oc1cccnc1N)c1ccccc1. The third-order valence-electron chi connectivity index (χ3n) is 2.76. The zero-order valence-electron chi connectivity index (χ0n) is 10.6. The summed E-state index contributed by atoms with van der Waals surface area (Å²) in [5.41, 5.74) is 6.47. The van der Waals surface area contributed by atoms with E-state index in [1.165, 1.54) is 0 Å². The first-order valence-electron chi connectivity index (χ1n) is 5.97. The van der Waals surface area contributed by atoms with Crippen molar-refractivity contribution >= 4 is 5.82 Å². The van der Waals surface area contributed by atoms with Crippen molar-refractivity contribution in [2.24, 2.45) is 5.92 Å². The zero-order valence-corrected chi connectivity index (χ0v) is 10.6. The van der Waals surface area contributed by atoms with Crippen molar-refractivity contribution in [3.8, 4) is 17.9 Å². The van der Waals surface area contributed by atoms with Gasteiger partial charge in [0.25, 0.3) is 0 Å². The van der Waals surface area contributed by atoms with Gasteiger partial charge >= 0.3 is 0 Å². The first kappa shape index (κ1) is 13.4. The van der Waals surface area contributed by atoms with Crippen LogP contribution >= 0.6 is 0 Å². The van der Waals surface area contributed by atoms with Gasteiger partial charge in [-0.2, -0.15) is 10.5 Å². The third kappa shape index (κ3) is 2.85. The van der Waals surface area contributed by atoms with E-state index in [1.807, 2.05) is 30.3 Å². The Bertz CT molecular complexity index is 644. The number of nitrogen functional groups attached to an aromatic ring is 1. The molecule has 5 heteroatoms. The second-order valence-electron chi connectivity index (χ2n) is 4.07. The van der Waals surface area contributed by atoms with E-state index in [0.717, 1.165) is 5.56 Å². The molecular formula is C15H12N4O. The smallest absolute Gasteiger partial charge is 0.174 e. The molecule has 1 atom stereocenters. The molecule has 2 rings (SSSR count). The van der Waals surface area contributed by atoms with Gasteiger partial charge in [-0.3, -0.25) is 0 Å². The predicted octanol–water partition coefficient (Wildman–Crippen LogP) is 2.45. The normalized spacial score (nSPS) is 11.3. The van der Waals surface area contributed by atoms with Gasteiger partial charge in [0.05, 0.1) is 12.1 Å². The maximum Gasteiger partial charge on any atom is 0.174 e. The maximum atomic E-state index is 9.11. The van der Waals surface area contributed by atoms with E-state index in [0.29, 0.717) is 5.75 Å². The number of ether oxygens (including phenoxy) is 1. The number of nitriles is 2. The van der Waals surface area contributed by atoms with Crippen molar-refractivity contribution in [1.29, 1.82) is 10.5 Å². The third-order valence-corrected chi connectivity index (χ3v) is 2.76. The van der Waals surface area contributed by atoms with Gasteiger partial charge in [-0.1, -0.05) is 30.3 Å². The molecular weight excluding hydrogens is 252 g/mol. The van der Waals surface area contributed by atoms with Crippen LogP contribution in [0, 0.1) is 28.6 Å². The average Bonchev–Trinajstić information content (AvgIpc) is 2.50. The number of rotatable bonds is 4. The van der Waals surface area contributed by atoms with Gasteiger partial charge < -0.3 is 10.5 Å². The molecule has 0 saturated carbocycles. The summed E-state index contributed by atoms with van der Waals surface area (Å²) < 4.78 is 5.74. The number of benzene rings is 1. The van der Waals surface area contributed by atoms with Crippen molar-refractivity contribution in [2.45, 2.75) is 6.10 Å². The fraction of sp³-hybridized carbons (Fsp3) is 0.133. The van der Waals surface area contributed by atoms with Crippen molar-refractivity contribution in [1.82, 2.24) is 4.98 Å². The number of aromatic nitrogens is 1.